The number of fused-ring (bicyclic) bond motifs is 1. The van der Waals surface area contributed by atoms with Gasteiger partial charge in [-0.05, 0) is 85.5 Å². The molecule has 6 rings (SSSR count). The second-order valence-electron chi connectivity index (χ2n) is 9.88. The Balaban J connectivity index is 1.50. The van der Waals surface area contributed by atoms with Gasteiger partial charge in [-0.2, -0.15) is 0 Å². The molecule has 1 amide bonds. The zero-order valence-corrected chi connectivity index (χ0v) is 22.9. The first-order valence-corrected chi connectivity index (χ1v) is 13.4. The number of pyridine rings is 1. The van der Waals surface area contributed by atoms with E-state index in [0.717, 1.165) is 34.1 Å². The molecule has 5 aromatic rings. The van der Waals surface area contributed by atoms with Crippen molar-refractivity contribution >= 4 is 45.4 Å². The van der Waals surface area contributed by atoms with Crippen molar-refractivity contribution in [3.05, 3.63) is 120 Å². The molecule has 0 radical (unpaired) electrons. The summed E-state index contributed by atoms with van der Waals surface area (Å²) in [6.45, 7) is 5.84. The Morgan fingerprint density at radius 2 is 1.69 bits per heavy atom. The molecule has 39 heavy (non-hydrogen) atoms. The van der Waals surface area contributed by atoms with Gasteiger partial charge in [-0.15, -0.1) is 0 Å². The Morgan fingerprint density at radius 1 is 0.949 bits per heavy atom. The minimum atomic E-state index is -0.143. The number of aryl methyl sites for hydroxylation is 1. The molecule has 0 spiro atoms. The summed E-state index contributed by atoms with van der Waals surface area (Å²) in [7, 11) is 0. The Morgan fingerprint density at radius 3 is 2.44 bits per heavy atom. The van der Waals surface area contributed by atoms with Crippen molar-refractivity contribution < 1.29 is 4.79 Å². The van der Waals surface area contributed by atoms with Crippen molar-refractivity contribution in [3.8, 4) is 5.69 Å². The lowest BCUT2D eigenvalue weighted by Gasteiger charge is -2.28. The first-order chi connectivity index (χ1) is 18.9. The summed E-state index contributed by atoms with van der Waals surface area (Å²) in [6, 6.07) is 30.7. The van der Waals surface area contributed by atoms with E-state index in [1.807, 2.05) is 48.7 Å². The van der Waals surface area contributed by atoms with Gasteiger partial charge in [0, 0.05) is 41.3 Å². The van der Waals surface area contributed by atoms with Crippen LogP contribution in [0.25, 0.3) is 16.5 Å². The van der Waals surface area contributed by atoms with Gasteiger partial charge < -0.3 is 20.1 Å². The number of carbonyl (C=O) groups is 1. The number of hydrogen-bond acceptors (Lipinski definition) is 3. The van der Waals surface area contributed by atoms with Gasteiger partial charge in [0.1, 0.15) is 0 Å². The lowest BCUT2D eigenvalue weighted by atomic mass is 9.96. The molecule has 194 valence electrons. The van der Waals surface area contributed by atoms with E-state index in [1.54, 1.807) is 0 Å². The average Bonchev–Trinajstić information content (AvgIpc) is 3.43. The summed E-state index contributed by atoms with van der Waals surface area (Å²) in [5.41, 5.74) is 7.25. The van der Waals surface area contributed by atoms with Gasteiger partial charge in [0.15, 0.2) is 5.11 Å². The Kier molecular flexibility index (Phi) is 6.37. The fourth-order valence-electron chi connectivity index (χ4n) is 5.72. The summed E-state index contributed by atoms with van der Waals surface area (Å²) in [5, 5.41) is 9.45. The van der Waals surface area contributed by atoms with Gasteiger partial charge in [0.2, 0.25) is 5.91 Å². The van der Waals surface area contributed by atoms with E-state index in [2.05, 4.69) is 82.5 Å². The van der Waals surface area contributed by atoms with Crippen molar-refractivity contribution in [2.45, 2.75) is 32.9 Å². The predicted molar refractivity (Wildman–Crippen MR) is 161 cm³/mol. The molecule has 1 aliphatic heterocycles. The molecule has 0 unspecified atom stereocenters. The second-order valence-corrected chi connectivity index (χ2v) is 10.3. The smallest absolute Gasteiger partial charge is 0.221 e. The number of aromatic nitrogens is 2. The van der Waals surface area contributed by atoms with Crippen LogP contribution in [0.4, 0.5) is 11.4 Å². The number of hydrogen-bond donors (Lipinski definition) is 2. The largest absolute Gasteiger partial charge is 0.351 e. The van der Waals surface area contributed by atoms with Gasteiger partial charge >= 0.3 is 0 Å². The van der Waals surface area contributed by atoms with Crippen LogP contribution in [0.3, 0.4) is 0 Å². The van der Waals surface area contributed by atoms with E-state index in [4.69, 9.17) is 17.2 Å². The highest BCUT2D eigenvalue weighted by atomic mass is 32.1. The van der Waals surface area contributed by atoms with E-state index in [-0.39, 0.29) is 18.0 Å². The number of benzene rings is 3. The maximum Gasteiger partial charge on any atom is 0.221 e. The predicted octanol–water partition coefficient (Wildman–Crippen LogP) is 6.78. The molecule has 2 N–H and O–H groups in total. The molecule has 3 heterocycles. The summed E-state index contributed by atoms with van der Waals surface area (Å²) >= 11 is 5.93. The lowest BCUT2D eigenvalue weighted by molar-refractivity contribution is -0.114. The molecular formula is C32H29N5OS. The molecule has 6 nitrogen and oxygen atoms in total. The Labute approximate surface area is 233 Å². The fourth-order valence-corrected chi connectivity index (χ4v) is 6.06. The molecule has 1 aliphatic rings. The Bertz CT molecular complexity index is 1690. The van der Waals surface area contributed by atoms with Crippen LogP contribution >= 0.6 is 12.2 Å². The molecule has 0 bridgehead atoms. The topological polar surface area (TPSA) is 62.2 Å². The number of nitrogens with zero attached hydrogens (tertiary/aromatic N) is 3. The number of anilines is 2. The zero-order valence-electron chi connectivity index (χ0n) is 22.1. The van der Waals surface area contributed by atoms with Crippen molar-refractivity contribution in [2.24, 2.45) is 0 Å². The van der Waals surface area contributed by atoms with E-state index in [0.29, 0.717) is 5.11 Å². The highest BCUT2D eigenvalue weighted by Crippen LogP contribution is 2.44. The summed E-state index contributed by atoms with van der Waals surface area (Å²) in [5.74, 6) is -0.102. The Hall–Kier alpha value is -4.49. The van der Waals surface area contributed by atoms with Crippen LogP contribution in [0.2, 0.25) is 0 Å². The van der Waals surface area contributed by atoms with E-state index < -0.39 is 0 Å². The van der Waals surface area contributed by atoms with Crippen molar-refractivity contribution in [2.75, 3.05) is 10.2 Å². The molecule has 2 aromatic heterocycles. The second kappa shape index (κ2) is 10.0. The standard InChI is InChI=1S/C32H29N5OS/c1-20-19-27(21(2)36(20)29-13-8-10-23-9-4-5-11-26(23)29)31-30(28-12-6-7-18-33-28)35-32(39)37(31)25-16-14-24(15-17-25)34-22(3)38/h4-19,30-31H,1-3H3,(H,34,38)(H,35,39)/t30-,31+/m1/s1. The highest BCUT2D eigenvalue weighted by molar-refractivity contribution is 7.80. The van der Waals surface area contributed by atoms with Gasteiger partial charge in [-0.25, -0.2) is 0 Å². The molecule has 1 saturated heterocycles. The fraction of sp³-hybridized carbons (Fsp3) is 0.156. The first kappa shape index (κ1) is 24.8. The van der Waals surface area contributed by atoms with Gasteiger partial charge in [-0.1, -0.05) is 42.5 Å². The van der Waals surface area contributed by atoms with Crippen LogP contribution < -0.4 is 15.5 Å². The number of amides is 1. The molecule has 2 atom stereocenters. The van der Waals surface area contributed by atoms with Crippen LogP contribution in [0, 0.1) is 13.8 Å². The summed E-state index contributed by atoms with van der Waals surface area (Å²) in [4.78, 5) is 18.4. The summed E-state index contributed by atoms with van der Waals surface area (Å²) < 4.78 is 2.34. The normalized spacial score (nSPS) is 16.9. The highest BCUT2D eigenvalue weighted by Gasteiger charge is 2.42. The third-order valence-electron chi connectivity index (χ3n) is 7.36. The molecule has 7 heteroatoms. The average molecular weight is 532 g/mol. The van der Waals surface area contributed by atoms with Gasteiger partial charge in [-0.3, -0.25) is 9.78 Å². The van der Waals surface area contributed by atoms with Crippen LogP contribution in [0.1, 0.15) is 41.7 Å². The van der Waals surface area contributed by atoms with E-state index in [1.165, 1.54) is 23.3 Å². The minimum absolute atomic E-state index is 0.102. The number of nitrogens with one attached hydrogen (secondary N) is 2. The monoisotopic (exact) mass is 531 g/mol. The van der Waals surface area contributed by atoms with Crippen molar-refractivity contribution in [1.82, 2.24) is 14.9 Å². The van der Waals surface area contributed by atoms with Gasteiger partial charge in [0.25, 0.3) is 0 Å². The van der Waals surface area contributed by atoms with Crippen LogP contribution in [0.5, 0.6) is 0 Å². The van der Waals surface area contributed by atoms with Crippen molar-refractivity contribution in [1.29, 1.82) is 0 Å². The van der Waals surface area contributed by atoms with Crippen molar-refractivity contribution in [3.63, 3.8) is 0 Å². The molecule has 3 aromatic carbocycles. The zero-order chi connectivity index (χ0) is 27.1. The van der Waals surface area contributed by atoms with Crippen LogP contribution in [0.15, 0.2) is 97.2 Å². The number of rotatable bonds is 5. The van der Waals surface area contributed by atoms with Crippen LogP contribution in [-0.2, 0) is 4.79 Å². The quantitative estimate of drug-likeness (QED) is 0.245. The molecule has 0 saturated carbocycles. The van der Waals surface area contributed by atoms with E-state index in [9.17, 15) is 4.79 Å². The summed E-state index contributed by atoms with van der Waals surface area (Å²) in [6.07, 6.45) is 1.82. The molecular weight excluding hydrogens is 502 g/mol. The van der Waals surface area contributed by atoms with E-state index >= 15 is 0 Å². The SMILES string of the molecule is CC(=O)Nc1ccc(N2C(=S)N[C@H](c3ccccn3)[C@@H]2c2cc(C)n(-c3cccc4ccccc34)c2C)cc1. The third-order valence-corrected chi connectivity index (χ3v) is 7.67. The lowest BCUT2D eigenvalue weighted by Crippen LogP contribution is -2.29. The minimum Gasteiger partial charge on any atom is -0.351 e. The third kappa shape index (κ3) is 4.45. The number of thiocarbonyl (C=S) groups is 1. The molecule has 0 aliphatic carbocycles. The maximum absolute atomic E-state index is 11.6. The molecule has 1 fully saturated rings. The van der Waals surface area contributed by atoms with Crippen LogP contribution in [-0.4, -0.2) is 20.6 Å². The number of carbonyl (C=O) groups excluding carboxylic acids is 1. The van der Waals surface area contributed by atoms with Gasteiger partial charge in [0.05, 0.1) is 23.5 Å². The maximum atomic E-state index is 11.6. The first-order valence-electron chi connectivity index (χ1n) is 13.0.